The quantitative estimate of drug-likeness (QED) is 0.735. The second kappa shape index (κ2) is 4.09. The van der Waals surface area contributed by atoms with Crippen molar-refractivity contribution in [3.8, 4) is 6.07 Å². The van der Waals surface area contributed by atoms with Crippen LogP contribution in [0.3, 0.4) is 0 Å². The van der Waals surface area contributed by atoms with Crippen molar-refractivity contribution in [2.75, 3.05) is 0 Å². The molecule has 1 heterocycles. The number of nitriles is 1. The van der Waals surface area contributed by atoms with E-state index in [1.54, 1.807) is 6.07 Å². The molecular weight excluding hydrogens is 193 g/mol. The third-order valence-electron chi connectivity index (χ3n) is 1.73. The molecule has 0 aliphatic rings. The Morgan fingerprint density at radius 2 is 2.21 bits per heavy atom. The van der Waals surface area contributed by atoms with Crippen LogP contribution >= 0.6 is 0 Å². The number of hydrogen-bond donors (Lipinski definition) is 0. The number of hydrogen-bond acceptors (Lipinski definition) is 2. The van der Waals surface area contributed by atoms with Gasteiger partial charge in [-0.05, 0) is 18.6 Å². The molecule has 2 nitrogen and oxygen atoms in total. The van der Waals surface area contributed by atoms with Crippen LogP contribution in [-0.4, -0.2) is 4.98 Å². The molecule has 0 radical (unpaired) electrons. The first-order valence-electron chi connectivity index (χ1n) is 3.87. The van der Waals surface area contributed by atoms with Crippen molar-refractivity contribution in [1.29, 1.82) is 5.26 Å². The highest BCUT2D eigenvalue weighted by Gasteiger charge is 2.16. The van der Waals surface area contributed by atoms with Crippen molar-refractivity contribution in [1.82, 2.24) is 4.98 Å². The zero-order chi connectivity index (χ0) is 10.7. The summed E-state index contributed by atoms with van der Waals surface area (Å²) < 4.78 is 37.6. The lowest BCUT2D eigenvalue weighted by atomic mass is 10.1. The fourth-order valence-electron chi connectivity index (χ4n) is 1.05. The van der Waals surface area contributed by atoms with Crippen molar-refractivity contribution in [2.24, 2.45) is 0 Å². The van der Waals surface area contributed by atoms with Crippen molar-refractivity contribution in [2.45, 2.75) is 19.8 Å². The largest absolute Gasteiger partial charge is 0.280 e. The third-order valence-corrected chi connectivity index (χ3v) is 1.73. The van der Waals surface area contributed by atoms with Crippen LogP contribution in [0.25, 0.3) is 0 Å². The monoisotopic (exact) mass is 200 g/mol. The highest BCUT2D eigenvalue weighted by atomic mass is 19.3. The van der Waals surface area contributed by atoms with Crippen LogP contribution in [0.1, 0.15) is 23.4 Å². The Morgan fingerprint density at radius 3 is 2.71 bits per heavy atom. The van der Waals surface area contributed by atoms with E-state index >= 15 is 0 Å². The molecule has 14 heavy (non-hydrogen) atoms. The zero-order valence-electron chi connectivity index (χ0n) is 7.39. The maximum absolute atomic E-state index is 13.0. The average Bonchev–Trinajstić information content (AvgIpc) is 2.09. The number of nitrogens with zero attached hydrogens (tertiary/aromatic N) is 2. The Labute approximate surface area is 79.0 Å². The summed E-state index contributed by atoms with van der Waals surface area (Å²) in [5.41, 5.74) is -0.593. The fourth-order valence-corrected chi connectivity index (χ4v) is 1.05. The van der Waals surface area contributed by atoms with E-state index in [0.717, 1.165) is 6.07 Å². The second-order valence-electron chi connectivity index (χ2n) is 2.75. The summed E-state index contributed by atoms with van der Waals surface area (Å²) in [4.78, 5) is 3.41. The lowest BCUT2D eigenvalue weighted by Crippen LogP contribution is -2.02. The molecule has 0 spiro atoms. The van der Waals surface area contributed by atoms with Gasteiger partial charge in [-0.1, -0.05) is 0 Å². The Balaban J connectivity index is 3.21. The van der Waals surface area contributed by atoms with Crippen LogP contribution in [-0.2, 0) is 6.42 Å². The maximum atomic E-state index is 13.0. The van der Waals surface area contributed by atoms with Gasteiger partial charge in [0.15, 0.2) is 0 Å². The molecular formula is C9H7F3N2. The Kier molecular flexibility index (Phi) is 3.07. The van der Waals surface area contributed by atoms with Crippen molar-refractivity contribution < 1.29 is 13.2 Å². The van der Waals surface area contributed by atoms with Crippen LogP contribution in [0.15, 0.2) is 6.07 Å². The second-order valence-corrected chi connectivity index (χ2v) is 2.75. The lowest BCUT2D eigenvalue weighted by molar-refractivity contribution is 0.144. The summed E-state index contributed by atoms with van der Waals surface area (Å²) in [7, 11) is 0. The predicted molar refractivity (Wildman–Crippen MR) is 43.2 cm³/mol. The van der Waals surface area contributed by atoms with Gasteiger partial charge in [0.1, 0.15) is 11.5 Å². The van der Waals surface area contributed by atoms with E-state index in [9.17, 15) is 13.2 Å². The molecule has 0 aliphatic carbocycles. The van der Waals surface area contributed by atoms with E-state index < -0.39 is 17.9 Å². The molecule has 0 aliphatic heterocycles. The summed E-state index contributed by atoms with van der Waals surface area (Å²) in [6.07, 6.45) is -3.04. The fraction of sp³-hybridized carbons (Fsp3) is 0.333. The van der Waals surface area contributed by atoms with Crippen LogP contribution in [0.4, 0.5) is 13.2 Å². The number of rotatable bonds is 2. The van der Waals surface area contributed by atoms with Crippen LogP contribution < -0.4 is 0 Å². The summed E-state index contributed by atoms with van der Waals surface area (Å²) >= 11 is 0. The molecule has 0 atom stereocenters. The van der Waals surface area contributed by atoms with Crippen molar-refractivity contribution in [3.05, 3.63) is 28.8 Å². The summed E-state index contributed by atoms with van der Waals surface area (Å²) in [6.45, 7) is 1.35. The lowest BCUT2D eigenvalue weighted by Gasteiger charge is -2.06. The van der Waals surface area contributed by atoms with Crippen LogP contribution in [0.2, 0.25) is 0 Å². The van der Waals surface area contributed by atoms with Gasteiger partial charge < -0.3 is 0 Å². The minimum atomic E-state index is -2.74. The number of alkyl halides is 2. The van der Waals surface area contributed by atoms with Gasteiger partial charge in [0, 0.05) is 0 Å². The molecule has 1 aromatic heterocycles. The van der Waals surface area contributed by atoms with Gasteiger partial charge in [0.25, 0.3) is 6.43 Å². The van der Waals surface area contributed by atoms with Gasteiger partial charge in [0.2, 0.25) is 0 Å². The first-order chi connectivity index (χ1) is 6.56. The summed E-state index contributed by atoms with van der Waals surface area (Å²) in [5.74, 6) is -0.714. The van der Waals surface area contributed by atoms with Gasteiger partial charge in [-0.15, -0.1) is 0 Å². The molecule has 0 fully saturated rings. The van der Waals surface area contributed by atoms with Gasteiger partial charge >= 0.3 is 0 Å². The van der Waals surface area contributed by atoms with E-state index in [4.69, 9.17) is 5.26 Å². The van der Waals surface area contributed by atoms with Crippen LogP contribution in [0.5, 0.6) is 0 Å². The first kappa shape index (κ1) is 10.5. The predicted octanol–water partition coefficient (Wildman–Crippen LogP) is 2.53. The minimum absolute atomic E-state index is 0.0965. The molecule has 0 saturated heterocycles. The number of pyridine rings is 1. The van der Waals surface area contributed by atoms with Crippen LogP contribution in [0, 0.1) is 24.1 Å². The van der Waals surface area contributed by atoms with Gasteiger partial charge in [-0.25, -0.2) is 18.2 Å². The van der Waals surface area contributed by atoms with Gasteiger partial charge in [0.05, 0.1) is 18.2 Å². The maximum Gasteiger partial charge on any atom is 0.280 e. The average molecular weight is 200 g/mol. The standard InChI is InChI=1S/C9H7F3N2/c1-5-4-6(10)7(2-3-13)14-8(5)9(11)12/h4,9H,2H2,1H3. The molecule has 0 bridgehead atoms. The molecule has 5 heteroatoms. The highest BCUT2D eigenvalue weighted by molar-refractivity contribution is 5.25. The normalized spacial score (nSPS) is 10.3. The first-order valence-corrected chi connectivity index (χ1v) is 3.87. The Hall–Kier alpha value is -1.57. The molecule has 1 aromatic rings. The van der Waals surface area contributed by atoms with E-state index in [0.29, 0.717) is 0 Å². The summed E-state index contributed by atoms with van der Waals surface area (Å²) in [5, 5.41) is 8.30. The SMILES string of the molecule is Cc1cc(F)c(CC#N)nc1C(F)F. The zero-order valence-corrected chi connectivity index (χ0v) is 7.39. The summed E-state index contributed by atoms with van der Waals surface area (Å²) in [6, 6.07) is 2.64. The molecule has 0 aromatic carbocycles. The number of aryl methyl sites for hydroxylation is 1. The topological polar surface area (TPSA) is 36.7 Å². The van der Waals surface area contributed by atoms with E-state index in [1.807, 2.05) is 0 Å². The number of halogens is 3. The number of aromatic nitrogens is 1. The molecule has 0 N–H and O–H groups in total. The van der Waals surface area contributed by atoms with Crippen molar-refractivity contribution >= 4 is 0 Å². The molecule has 1 rings (SSSR count). The Bertz CT molecular complexity index is 382. The van der Waals surface area contributed by atoms with Crippen molar-refractivity contribution in [3.63, 3.8) is 0 Å². The van der Waals surface area contributed by atoms with Gasteiger partial charge in [-0.2, -0.15) is 5.26 Å². The Morgan fingerprint density at radius 1 is 1.57 bits per heavy atom. The smallest absolute Gasteiger partial charge is 0.247 e. The third kappa shape index (κ3) is 2.02. The van der Waals surface area contributed by atoms with E-state index in [2.05, 4.69) is 4.98 Å². The van der Waals surface area contributed by atoms with E-state index in [-0.39, 0.29) is 17.7 Å². The molecule has 74 valence electrons. The molecule has 0 unspecified atom stereocenters. The molecule has 0 saturated carbocycles. The highest BCUT2D eigenvalue weighted by Crippen LogP contribution is 2.22. The van der Waals surface area contributed by atoms with E-state index in [1.165, 1.54) is 6.92 Å². The minimum Gasteiger partial charge on any atom is -0.247 e. The molecule has 0 amide bonds. The van der Waals surface area contributed by atoms with Gasteiger partial charge in [-0.3, -0.25) is 0 Å².